The number of hydrogen-bond acceptors (Lipinski definition) is 0. The van der Waals surface area contributed by atoms with E-state index in [1.807, 2.05) is 12.1 Å². The summed E-state index contributed by atoms with van der Waals surface area (Å²) >= 11 is 3.42. The molecule has 1 unspecified atom stereocenters. The minimum absolute atomic E-state index is 0.693. The lowest BCUT2D eigenvalue weighted by Gasteiger charge is -2.02. The van der Waals surface area contributed by atoms with Crippen molar-refractivity contribution in [2.24, 2.45) is 0 Å². The van der Waals surface area contributed by atoms with Gasteiger partial charge >= 0.3 is 0 Å². The predicted molar refractivity (Wildman–Crippen MR) is 61.9 cm³/mol. The Bertz CT molecular complexity index is 366. The van der Waals surface area contributed by atoms with Crippen molar-refractivity contribution in [3.63, 3.8) is 0 Å². The molecule has 1 heterocycles. The molecule has 0 radical (unpaired) electrons. The average Bonchev–Trinajstić information content (AvgIpc) is 2.62. The van der Waals surface area contributed by atoms with Crippen LogP contribution in [-0.4, -0.2) is 4.34 Å². The van der Waals surface area contributed by atoms with Gasteiger partial charge in [-0.15, -0.1) is 0 Å². The third kappa shape index (κ3) is 2.43. The number of aromatic nitrogens is 1. The van der Waals surface area contributed by atoms with Gasteiger partial charge in [-0.25, -0.2) is 0 Å². The first kappa shape index (κ1) is 8.98. The van der Waals surface area contributed by atoms with Gasteiger partial charge in [0.2, 0.25) is 0 Å². The highest BCUT2D eigenvalue weighted by molar-refractivity contribution is 9.10. The predicted octanol–water partition coefficient (Wildman–Crippen LogP) is 3.02. The maximum absolute atomic E-state index is 3.42. The van der Waals surface area contributed by atoms with E-state index in [1.165, 1.54) is 5.30 Å². The number of rotatable bonds is 2. The molecule has 0 fully saturated rings. The van der Waals surface area contributed by atoms with Crippen LogP contribution in [0.15, 0.2) is 53.3 Å². The van der Waals surface area contributed by atoms with Crippen LogP contribution in [0.5, 0.6) is 0 Å². The maximum atomic E-state index is 3.42. The minimum atomic E-state index is 0.693. The molecule has 2 rings (SSSR count). The zero-order valence-electron chi connectivity index (χ0n) is 6.94. The molecule has 66 valence electrons. The van der Waals surface area contributed by atoms with E-state index in [0.717, 1.165) is 4.47 Å². The van der Waals surface area contributed by atoms with Crippen LogP contribution in [0, 0.1) is 0 Å². The molecular formula is C10H9BrNP. The summed E-state index contributed by atoms with van der Waals surface area (Å²) < 4.78 is 3.32. The molecule has 0 aliphatic heterocycles. The van der Waals surface area contributed by atoms with E-state index in [-0.39, 0.29) is 0 Å². The highest BCUT2D eigenvalue weighted by Gasteiger charge is 1.93. The summed E-state index contributed by atoms with van der Waals surface area (Å²) in [7, 11) is 0.693. The Morgan fingerprint density at radius 3 is 2.23 bits per heavy atom. The van der Waals surface area contributed by atoms with Gasteiger partial charge in [-0.05, 0) is 29.6 Å². The van der Waals surface area contributed by atoms with Gasteiger partial charge in [0.25, 0.3) is 0 Å². The normalized spacial score (nSPS) is 11.2. The fourth-order valence-electron chi connectivity index (χ4n) is 1.08. The third-order valence-electron chi connectivity index (χ3n) is 1.71. The molecule has 13 heavy (non-hydrogen) atoms. The van der Waals surface area contributed by atoms with Crippen LogP contribution in [0.3, 0.4) is 0 Å². The summed E-state index contributed by atoms with van der Waals surface area (Å²) in [6, 6.07) is 12.5. The third-order valence-corrected chi connectivity index (χ3v) is 3.38. The molecule has 0 N–H and O–H groups in total. The van der Waals surface area contributed by atoms with E-state index < -0.39 is 0 Å². The molecule has 2 aromatic rings. The lowest BCUT2D eigenvalue weighted by atomic mass is 10.4. The standard InChI is InChI=1S/C10H9BrNP/c11-9-3-5-10(6-4-9)13-12-7-1-2-8-12/h1-8,13H. The van der Waals surface area contributed by atoms with E-state index in [9.17, 15) is 0 Å². The number of hydrogen-bond donors (Lipinski definition) is 0. The second-order valence-electron chi connectivity index (χ2n) is 2.71. The molecule has 0 spiro atoms. The second kappa shape index (κ2) is 4.08. The minimum Gasteiger partial charge on any atom is -0.332 e. The van der Waals surface area contributed by atoms with Crippen molar-refractivity contribution in [3.8, 4) is 0 Å². The van der Waals surface area contributed by atoms with Crippen LogP contribution in [0.4, 0.5) is 0 Å². The zero-order valence-corrected chi connectivity index (χ0v) is 9.53. The van der Waals surface area contributed by atoms with Crippen molar-refractivity contribution < 1.29 is 0 Å². The molecule has 3 heteroatoms. The SMILES string of the molecule is Brc1ccc(Pn2cccc2)cc1. The fourth-order valence-corrected chi connectivity index (χ4v) is 2.28. The monoisotopic (exact) mass is 253 g/mol. The Morgan fingerprint density at radius 1 is 1.00 bits per heavy atom. The summed E-state index contributed by atoms with van der Waals surface area (Å²) in [5, 5.41) is 1.35. The fraction of sp³-hybridized carbons (Fsp3) is 0. The first-order chi connectivity index (χ1) is 6.34. The van der Waals surface area contributed by atoms with E-state index in [2.05, 4.69) is 56.9 Å². The number of nitrogens with zero attached hydrogens (tertiary/aromatic N) is 1. The van der Waals surface area contributed by atoms with Gasteiger partial charge in [-0.2, -0.15) is 0 Å². The van der Waals surface area contributed by atoms with Crippen molar-refractivity contribution in [1.29, 1.82) is 0 Å². The summed E-state index contributed by atoms with van der Waals surface area (Å²) in [5.41, 5.74) is 0. The second-order valence-corrected chi connectivity index (χ2v) is 4.94. The molecular weight excluding hydrogens is 245 g/mol. The molecule has 1 aromatic heterocycles. The van der Waals surface area contributed by atoms with Crippen molar-refractivity contribution in [2.75, 3.05) is 0 Å². The van der Waals surface area contributed by atoms with E-state index in [0.29, 0.717) is 8.73 Å². The molecule has 0 saturated carbocycles. The molecule has 0 amide bonds. The Morgan fingerprint density at radius 2 is 1.62 bits per heavy atom. The number of halogens is 1. The highest BCUT2D eigenvalue weighted by Crippen LogP contribution is 2.15. The molecule has 1 aromatic carbocycles. The van der Waals surface area contributed by atoms with Gasteiger partial charge in [0, 0.05) is 25.6 Å². The first-order valence-electron chi connectivity index (χ1n) is 4.00. The highest BCUT2D eigenvalue weighted by atomic mass is 79.9. The Kier molecular flexibility index (Phi) is 2.82. The molecule has 1 nitrogen and oxygen atoms in total. The van der Waals surface area contributed by atoms with E-state index in [1.54, 1.807) is 0 Å². The Hall–Kier alpha value is -0.590. The van der Waals surface area contributed by atoms with Crippen LogP contribution in [-0.2, 0) is 0 Å². The van der Waals surface area contributed by atoms with Crippen LogP contribution in [0.25, 0.3) is 0 Å². The van der Waals surface area contributed by atoms with Crippen LogP contribution in [0.1, 0.15) is 0 Å². The van der Waals surface area contributed by atoms with Gasteiger partial charge in [-0.1, -0.05) is 28.1 Å². The van der Waals surface area contributed by atoms with Crippen LogP contribution >= 0.6 is 24.7 Å². The van der Waals surface area contributed by atoms with Gasteiger partial charge in [0.05, 0.1) is 0 Å². The molecule has 0 aliphatic carbocycles. The van der Waals surface area contributed by atoms with E-state index in [4.69, 9.17) is 0 Å². The first-order valence-corrected chi connectivity index (χ1v) is 5.74. The van der Waals surface area contributed by atoms with Crippen molar-refractivity contribution in [3.05, 3.63) is 53.3 Å². The van der Waals surface area contributed by atoms with Gasteiger partial charge < -0.3 is 4.34 Å². The summed E-state index contributed by atoms with van der Waals surface area (Å²) in [5.74, 6) is 0. The lowest BCUT2D eigenvalue weighted by Crippen LogP contribution is -1.95. The number of benzene rings is 1. The zero-order chi connectivity index (χ0) is 9.10. The molecule has 0 bridgehead atoms. The van der Waals surface area contributed by atoms with E-state index >= 15 is 0 Å². The van der Waals surface area contributed by atoms with Gasteiger partial charge in [-0.3, -0.25) is 0 Å². The van der Waals surface area contributed by atoms with Crippen molar-refractivity contribution in [2.45, 2.75) is 0 Å². The maximum Gasteiger partial charge on any atom is 0.0175 e. The van der Waals surface area contributed by atoms with Crippen LogP contribution < -0.4 is 5.30 Å². The Balaban J connectivity index is 2.15. The van der Waals surface area contributed by atoms with Crippen molar-refractivity contribution in [1.82, 2.24) is 4.34 Å². The smallest absolute Gasteiger partial charge is 0.0175 e. The quantitative estimate of drug-likeness (QED) is 0.726. The molecule has 0 aliphatic rings. The summed E-state index contributed by atoms with van der Waals surface area (Å²) in [4.78, 5) is 0. The summed E-state index contributed by atoms with van der Waals surface area (Å²) in [6.07, 6.45) is 4.17. The molecule has 1 atom stereocenters. The Labute approximate surface area is 87.7 Å². The van der Waals surface area contributed by atoms with Crippen LogP contribution in [0.2, 0.25) is 0 Å². The van der Waals surface area contributed by atoms with Crippen molar-refractivity contribution >= 4 is 30.0 Å². The molecule has 0 saturated heterocycles. The lowest BCUT2D eigenvalue weighted by molar-refractivity contribution is 1.28. The van der Waals surface area contributed by atoms with Gasteiger partial charge in [0.15, 0.2) is 0 Å². The summed E-state index contributed by atoms with van der Waals surface area (Å²) in [6.45, 7) is 0. The average molecular weight is 254 g/mol. The topological polar surface area (TPSA) is 4.93 Å². The largest absolute Gasteiger partial charge is 0.332 e. The van der Waals surface area contributed by atoms with Gasteiger partial charge in [0.1, 0.15) is 0 Å².